The Morgan fingerprint density at radius 2 is 1.79 bits per heavy atom. The normalized spacial score (nSPS) is 10.9. The molecular weight excluding hydrogens is 405 g/mol. The summed E-state index contributed by atoms with van der Waals surface area (Å²) in [7, 11) is 0. The maximum Gasteiger partial charge on any atom is 0.161 e. The van der Waals surface area contributed by atoms with Crippen LogP contribution in [0.2, 0.25) is 10.0 Å². The first kappa shape index (κ1) is 19.4. The van der Waals surface area contributed by atoms with Crippen LogP contribution in [0.5, 0.6) is 0 Å². The fourth-order valence-electron chi connectivity index (χ4n) is 2.95. The SMILES string of the molecule is CCc1cc(Nc2ccc(Cn3cc(Cl)cn3)cc2)nc(-c2cccc(Cl)c2)n1. The summed E-state index contributed by atoms with van der Waals surface area (Å²) >= 11 is 12.0. The molecule has 0 spiro atoms. The van der Waals surface area contributed by atoms with Crippen molar-refractivity contribution >= 4 is 34.7 Å². The van der Waals surface area contributed by atoms with Crippen LogP contribution in [0.4, 0.5) is 11.5 Å². The second kappa shape index (κ2) is 8.64. The van der Waals surface area contributed by atoms with E-state index in [0.29, 0.717) is 22.4 Å². The van der Waals surface area contributed by atoms with E-state index in [1.165, 1.54) is 0 Å². The highest BCUT2D eigenvalue weighted by atomic mass is 35.5. The monoisotopic (exact) mass is 423 g/mol. The lowest BCUT2D eigenvalue weighted by atomic mass is 10.2. The summed E-state index contributed by atoms with van der Waals surface area (Å²) in [5.74, 6) is 1.40. The van der Waals surface area contributed by atoms with E-state index in [4.69, 9.17) is 23.2 Å². The lowest BCUT2D eigenvalue weighted by Crippen LogP contribution is -2.02. The fourth-order valence-corrected chi connectivity index (χ4v) is 3.30. The fraction of sp³-hybridized carbons (Fsp3) is 0.136. The van der Waals surface area contributed by atoms with E-state index in [2.05, 4.69) is 39.4 Å². The Morgan fingerprint density at radius 3 is 2.48 bits per heavy atom. The molecule has 0 amide bonds. The molecule has 0 radical (unpaired) electrons. The smallest absolute Gasteiger partial charge is 0.161 e. The maximum atomic E-state index is 6.13. The van der Waals surface area contributed by atoms with Crippen molar-refractivity contribution < 1.29 is 0 Å². The summed E-state index contributed by atoms with van der Waals surface area (Å²) in [6.07, 6.45) is 4.25. The van der Waals surface area contributed by atoms with Crippen LogP contribution < -0.4 is 5.32 Å². The number of halogens is 2. The zero-order valence-corrected chi connectivity index (χ0v) is 17.3. The van der Waals surface area contributed by atoms with Crippen LogP contribution in [0, 0.1) is 0 Å². The molecule has 0 atom stereocenters. The van der Waals surface area contributed by atoms with Gasteiger partial charge in [0.05, 0.1) is 17.8 Å². The predicted octanol–water partition coefficient (Wildman–Crippen LogP) is 6.00. The Labute approximate surface area is 179 Å². The van der Waals surface area contributed by atoms with Gasteiger partial charge < -0.3 is 5.32 Å². The van der Waals surface area contributed by atoms with Gasteiger partial charge in [-0.25, -0.2) is 9.97 Å². The van der Waals surface area contributed by atoms with Gasteiger partial charge >= 0.3 is 0 Å². The zero-order chi connectivity index (χ0) is 20.2. The number of hydrogen-bond acceptors (Lipinski definition) is 4. The second-order valence-electron chi connectivity index (χ2n) is 6.61. The van der Waals surface area contributed by atoms with Crippen LogP contribution in [0.25, 0.3) is 11.4 Å². The van der Waals surface area contributed by atoms with Crippen LogP contribution in [0.15, 0.2) is 67.0 Å². The van der Waals surface area contributed by atoms with Crippen molar-refractivity contribution in [2.75, 3.05) is 5.32 Å². The number of hydrogen-bond donors (Lipinski definition) is 1. The molecule has 0 saturated heterocycles. The van der Waals surface area contributed by atoms with Crippen molar-refractivity contribution in [3.05, 3.63) is 88.3 Å². The van der Waals surface area contributed by atoms with E-state index >= 15 is 0 Å². The number of rotatable bonds is 6. The molecule has 1 N–H and O–H groups in total. The molecule has 0 aliphatic carbocycles. The standard InChI is InChI=1S/C22H19Cl2N5/c1-2-19-11-21(28-22(27-19)16-4-3-5-17(23)10-16)26-20-8-6-15(7-9-20)13-29-14-18(24)12-25-29/h3-12,14H,2,13H2,1H3,(H,26,27,28). The molecule has 0 unspecified atom stereocenters. The largest absolute Gasteiger partial charge is 0.340 e. The minimum atomic E-state index is 0.634. The number of nitrogens with zero attached hydrogens (tertiary/aromatic N) is 4. The Hall–Kier alpha value is -2.89. The molecule has 29 heavy (non-hydrogen) atoms. The number of benzene rings is 2. The Bertz CT molecular complexity index is 1120. The van der Waals surface area contributed by atoms with Gasteiger partial charge in [0.2, 0.25) is 0 Å². The van der Waals surface area contributed by atoms with Crippen molar-refractivity contribution in [2.24, 2.45) is 0 Å². The average molecular weight is 424 g/mol. The number of nitrogens with one attached hydrogen (secondary N) is 1. The van der Waals surface area contributed by atoms with Gasteiger partial charge in [0.1, 0.15) is 5.82 Å². The molecule has 4 rings (SSSR count). The lowest BCUT2D eigenvalue weighted by Gasteiger charge is -2.11. The van der Waals surface area contributed by atoms with Crippen molar-refractivity contribution in [1.29, 1.82) is 0 Å². The molecule has 2 heterocycles. The lowest BCUT2D eigenvalue weighted by molar-refractivity contribution is 0.687. The van der Waals surface area contributed by atoms with Crippen LogP contribution in [0.1, 0.15) is 18.2 Å². The van der Waals surface area contributed by atoms with Gasteiger partial charge in [0, 0.05) is 34.2 Å². The molecule has 4 aromatic rings. The minimum absolute atomic E-state index is 0.634. The van der Waals surface area contributed by atoms with Crippen molar-refractivity contribution in [3.63, 3.8) is 0 Å². The van der Waals surface area contributed by atoms with Gasteiger partial charge in [-0.3, -0.25) is 4.68 Å². The highest BCUT2D eigenvalue weighted by Gasteiger charge is 2.08. The quantitative estimate of drug-likeness (QED) is 0.412. The average Bonchev–Trinajstić information content (AvgIpc) is 3.14. The number of aromatic nitrogens is 4. The zero-order valence-electron chi connectivity index (χ0n) is 15.8. The summed E-state index contributed by atoms with van der Waals surface area (Å²) in [5.41, 5.74) is 3.94. The minimum Gasteiger partial charge on any atom is -0.340 e. The van der Waals surface area contributed by atoms with E-state index in [0.717, 1.165) is 34.7 Å². The summed E-state index contributed by atoms with van der Waals surface area (Å²) < 4.78 is 1.81. The summed E-state index contributed by atoms with van der Waals surface area (Å²) in [6.45, 7) is 2.74. The third-order valence-corrected chi connectivity index (χ3v) is 4.83. The highest BCUT2D eigenvalue weighted by molar-refractivity contribution is 6.31. The van der Waals surface area contributed by atoms with E-state index < -0.39 is 0 Å². The number of anilines is 2. The molecule has 0 aliphatic rings. The van der Waals surface area contributed by atoms with E-state index in [1.807, 2.05) is 42.5 Å². The first-order valence-electron chi connectivity index (χ1n) is 9.27. The van der Waals surface area contributed by atoms with Crippen LogP contribution >= 0.6 is 23.2 Å². The molecule has 7 heteroatoms. The van der Waals surface area contributed by atoms with E-state index in [-0.39, 0.29) is 0 Å². The Kier molecular flexibility index (Phi) is 5.79. The van der Waals surface area contributed by atoms with Gasteiger partial charge in [0.25, 0.3) is 0 Å². The molecule has 146 valence electrons. The third kappa shape index (κ3) is 4.94. The maximum absolute atomic E-state index is 6.13. The van der Waals surface area contributed by atoms with Crippen molar-refractivity contribution in [3.8, 4) is 11.4 Å². The van der Waals surface area contributed by atoms with Gasteiger partial charge in [-0.15, -0.1) is 0 Å². The summed E-state index contributed by atoms with van der Waals surface area (Å²) in [4.78, 5) is 9.31. The van der Waals surface area contributed by atoms with Crippen LogP contribution in [-0.2, 0) is 13.0 Å². The van der Waals surface area contributed by atoms with E-state index in [1.54, 1.807) is 17.1 Å². The van der Waals surface area contributed by atoms with Gasteiger partial charge in [0.15, 0.2) is 5.82 Å². The second-order valence-corrected chi connectivity index (χ2v) is 7.48. The molecule has 0 saturated carbocycles. The van der Waals surface area contributed by atoms with Gasteiger partial charge in [-0.2, -0.15) is 5.10 Å². The van der Waals surface area contributed by atoms with Crippen molar-refractivity contribution in [2.45, 2.75) is 19.9 Å². The predicted molar refractivity (Wildman–Crippen MR) is 118 cm³/mol. The van der Waals surface area contributed by atoms with Crippen LogP contribution in [-0.4, -0.2) is 19.7 Å². The van der Waals surface area contributed by atoms with Crippen molar-refractivity contribution in [1.82, 2.24) is 19.7 Å². The molecule has 2 aromatic carbocycles. The van der Waals surface area contributed by atoms with E-state index in [9.17, 15) is 0 Å². The van der Waals surface area contributed by atoms with Gasteiger partial charge in [-0.1, -0.05) is 54.4 Å². The molecule has 0 aliphatic heterocycles. The highest BCUT2D eigenvalue weighted by Crippen LogP contribution is 2.23. The molecule has 0 bridgehead atoms. The first-order chi connectivity index (χ1) is 14.1. The molecule has 5 nitrogen and oxygen atoms in total. The molecular formula is C22H19Cl2N5. The Balaban J connectivity index is 1.54. The summed E-state index contributed by atoms with van der Waals surface area (Å²) in [6, 6.07) is 17.7. The Morgan fingerprint density at radius 1 is 0.966 bits per heavy atom. The summed E-state index contributed by atoms with van der Waals surface area (Å²) in [5, 5.41) is 8.88. The third-order valence-electron chi connectivity index (χ3n) is 4.40. The first-order valence-corrected chi connectivity index (χ1v) is 10.0. The molecule has 2 aromatic heterocycles. The topological polar surface area (TPSA) is 55.6 Å². The molecule has 0 fully saturated rings. The van der Waals surface area contributed by atoms with Gasteiger partial charge in [-0.05, 0) is 36.2 Å². The number of aryl methyl sites for hydroxylation is 1. The van der Waals surface area contributed by atoms with Crippen LogP contribution in [0.3, 0.4) is 0 Å².